The number of nitrogen functional groups attached to an aromatic ring is 1. The molecule has 0 saturated heterocycles. The molecule has 0 fully saturated rings. The first-order valence-electron chi connectivity index (χ1n) is 6.09. The van der Waals surface area contributed by atoms with Crippen LogP contribution in [0.1, 0.15) is 0 Å². The lowest BCUT2D eigenvalue weighted by molar-refractivity contribution is 0.415. The molecular formula is C15H13N3O2. The minimum atomic E-state index is 0.345. The van der Waals surface area contributed by atoms with Crippen LogP contribution >= 0.6 is 0 Å². The van der Waals surface area contributed by atoms with E-state index in [0.717, 1.165) is 22.4 Å². The van der Waals surface area contributed by atoms with E-state index in [4.69, 9.17) is 15.0 Å². The molecule has 2 N–H and O–H groups in total. The average molecular weight is 267 g/mol. The number of aromatic nitrogens is 2. The molecule has 5 nitrogen and oxygen atoms in total. The Kier molecular flexibility index (Phi) is 3.09. The molecule has 0 amide bonds. The Morgan fingerprint density at radius 2 is 2.00 bits per heavy atom. The highest BCUT2D eigenvalue weighted by Crippen LogP contribution is 2.37. The zero-order valence-electron chi connectivity index (χ0n) is 10.9. The van der Waals surface area contributed by atoms with E-state index < -0.39 is 0 Å². The smallest absolute Gasteiger partial charge is 0.178 e. The third-order valence-electron chi connectivity index (χ3n) is 3.00. The Labute approximate surface area is 116 Å². The van der Waals surface area contributed by atoms with Crippen LogP contribution in [0.3, 0.4) is 0 Å². The second-order valence-corrected chi connectivity index (χ2v) is 4.25. The molecule has 0 spiro atoms. The number of nitrogens with zero attached hydrogens (tertiary/aromatic N) is 2. The van der Waals surface area contributed by atoms with E-state index in [1.165, 1.54) is 0 Å². The van der Waals surface area contributed by atoms with Crippen LogP contribution in [0, 0.1) is 0 Å². The van der Waals surface area contributed by atoms with Crippen LogP contribution in [-0.4, -0.2) is 17.3 Å². The molecule has 0 unspecified atom stereocenters. The Morgan fingerprint density at radius 1 is 1.15 bits per heavy atom. The second kappa shape index (κ2) is 5.05. The highest BCUT2D eigenvalue weighted by molar-refractivity contribution is 5.86. The highest BCUT2D eigenvalue weighted by Gasteiger charge is 2.18. The maximum absolute atomic E-state index is 5.94. The standard InChI is InChI=1S/C15H13N3O2/c1-19-12-6-2-4-10(8-12)13-14(20-18-15(13)16)11-5-3-7-17-9-11/h2-9H,1H3,(H2,16,18). The summed E-state index contributed by atoms with van der Waals surface area (Å²) in [7, 11) is 1.62. The molecule has 0 radical (unpaired) electrons. The SMILES string of the molecule is COc1cccc(-c2c(N)noc2-c2cccnc2)c1. The van der Waals surface area contributed by atoms with Crippen molar-refractivity contribution in [3.63, 3.8) is 0 Å². The van der Waals surface area contributed by atoms with Gasteiger partial charge >= 0.3 is 0 Å². The molecule has 5 heteroatoms. The summed E-state index contributed by atoms with van der Waals surface area (Å²) in [5.41, 5.74) is 8.40. The molecule has 2 heterocycles. The van der Waals surface area contributed by atoms with Gasteiger partial charge in [-0.3, -0.25) is 4.98 Å². The molecule has 0 aliphatic carbocycles. The second-order valence-electron chi connectivity index (χ2n) is 4.25. The molecule has 1 aromatic carbocycles. The Balaban J connectivity index is 2.16. The summed E-state index contributed by atoms with van der Waals surface area (Å²) >= 11 is 0. The normalized spacial score (nSPS) is 10.4. The lowest BCUT2D eigenvalue weighted by atomic mass is 10.0. The summed E-state index contributed by atoms with van der Waals surface area (Å²) in [5, 5.41) is 3.86. The molecule has 0 bridgehead atoms. The van der Waals surface area contributed by atoms with Gasteiger partial charge in [-0.2, -0.15) is 0 Å². The maximum Gasteiger partial charge on any atom is 0.178 e. The number of pyridine rings is 1. The summed E-state index contributed by atoms with van der Waals surface area (Å²) < 4.78 is 10.6. The summed E-state index contributed by atoms with van der Waals surface area (Å²) in [6, 6.07) is 11.3. The third kappa shape index (κ3) is 2.09. The van der Waals surface area contributed by atoms with Gasteiger partial charge in [0.1, 0.15) is 5.75 Å². The van der Waals surface area contributed by atoms with Crippen LogP contribution in [-0.2, 0) is 0 Å². The number of rotatable bonds is 3. The van der Waals surface area contributed by atoms with Gasteiger partial charge in [0.25, 0.3) is 0 Å². The minimum absolute atomic E-state index is 0.345. The number of nitrogens with two attached hydrogens (primary N) is 1. The van der Waals surface area contributed by atoms with Gasteiger partial charge < -0.3 is 15.0 Å². The topological polar surface area (TPSA) is 74.2 Å². The van der Waals surface area contributed by atoms with Crippen molar-refractivity contribution in [1.29, 1.82) is 0 Å². The van der Waals surface area contributed by atoms with Gasteiger partial charge in [0.2, 0.25) is 0 Å². The van der Waals surface area contributed by atoms with Crippen molar-refractivity contribution >= 4 is 5.82 Å². The third-order valence-corrected chi connectivity index (χ3v) is 3.00. The van der Waals surface area contributed by atoms with Crippen molar-refractivity contribution < 1.29 is 9.26 Å². The van der Waals surface area contributed by atoms with E-state index in [9.17, 15) is 0 Å². The molecule has 3 aromatic rings. The largest absolute Gasteiger partial charge is 0.497 e. The molecule has 0 atom stereocenters. The van der Waals surface area contributed by atoms with E-state index >= 15 is 0 Å². The number of hydrogen-bond acceptors (Lipinski definition) is 5. The first-order chi connectivity index (χ1) is 9.79. The van der Waals surface area contributed by atoms with Gasteiger partial charge in [0.05, 0.1) is 12.7 Å². The Hall–Kier alpha value is -2.82. The molecule has 0 aliphatic heterocycles. The zero-order valence-corrected chi connectivity index (χ0v) is 10.9. The molecule has 100 valence electrons. The summed E-state index contributed by atoms with van der Waals surface area (Å²) in [5.74, 6) is 1.70. The van der Waals surface area contributed by atoms with Crippen molar-refractivity contribution in [1.82, 2.24) is 10.1 Å². The lowest BCUT2D eigenvalue weighted by Gasteiger charge is -2.05. The van der Waals surface area contributed by atoms with E-state index in [1.807, 2.05) is 36.4 Å². The van der Waals surface area contributed by atoms with Crippen molar-refractivity contribution in [3.05, 3.63) is 48.8 Å². The van der Waals surface area contributed by atoms with Crippen LogP contribution in [0.15, 0.2) is 53.3 Å². The van der Waals surface area contributed by atoms with Gasteiger partial charge in [-0.05, 0) is 29.8 Å². The van der Waals surface area contributed by atoms with Gasteiger partial charge in [-0.15, -0.1) is 0 Å². The van der Waals surface area contributed by atoms with Gasteiger partial charge in [0, 0.05) is 18.0 Å². The quantitative estimate of drug-likeness (QED) is 0.789. The number of anilines is 1. The van der Waals surface area contributed by atoms with Crippen LogP contribution in [0.5, 0.6) is 5.75 Å². The van der Waals surface area contributed by atoms with E-state index in [0.29, 0.717) is 11.6 Å². The fraction of sp³-hybridized carbons (Fsp3) is 0.0667. The summed E-state index contributed by atoms with van der Waals surface area (Å²) in [6.45, 7) is 0. The molecule has 0 aliphatic rings. The van der Waals surface area contributed by atoms with E-state index in [-0.39, 0.29) is 0 Å². The van der Waals surface area contributed by atoms with E-state index in [2.05, 4.69) is 10.1 Å². The summed E-state index contributed by atoms with van der Waals surface area (Å²) in [6.07, 6.45) is 3.41. The van der Waals surface area contributed by atoms with Crippen molar-refractivity contribution in [2.24, 2.45) is 0 Å². The van der Waals surface area contributed by atoms with E-state index in [1.54, 1.807) is 19.5 Å². The average Bonchev–Trinajstić information content (AvgIpc) is 2.90. The minimum Gasteiger partial charge on any atom is -0.497 e. The van der Waals surface area contributed by atoms with Crippen LogP contribution < -0.4 is 10.5 Å². The monoisotopic (exact) mass is 267 g/mol. The number of ether oxygens (including phenoxy) is 1. The van der Waals surface area contributed by atoms with Crippen LogP contribution in [0.4, 0.5) is 5.82 Å². The number of hydrogen-bond donors (Lipinski definition) is 1. The van der Waals surface area contributed by atoms with Gasteiger partial charge in [-0.25, -0.2) is 0 Å². The molecule has 0 saturated carbocycles. The predicted octanol–water partition coefficient (Wildman–Crippen LogP) is 2.99. The predicted molar refractivity (Wildman–Crippen MR) is 76.1 cm³/mol. The van der Waals surface area contributed by atoms with Crippen LogP contribution in [0.2, 0.25) is 0 Å². The summed E-state index contributed by atoms with van der Waals surface area (Å²) in [4.78, 5) is 4.09. The molecule has 3 rings (SSSR count). The molecule has 2 aromatic heterocycles. The van der Waals surface area contributed by atoms with Crippen LogP contribution in [0.25, 0.3) is 22.5 Å². The van der Waals surface area contributed by atoms with Gasteiger partial charge in [0.15, 0.2) is 11.6 Å². The zero-order chi connectivity index (χ0) is 13.9. The van der Waals surface area contributed by atoms with Gasteiger partial charge in [-0.1, -0.05) is 17.3 Å². The van der Waals surface area contributed by atoms with Crippen molar-refractivity contribution in [3.8, 4) is 28.2 Å². The number of benzene rings is 1. The number of methoxy groups -OCH3 is 1. The fourth-order valence-electron chi connectivity index (χ4n) is 2.05. The highest BCUT2D eigenvalue weighted by atomic mass is 16.5. The molecule has 20 heavy (non-hydrogen) atoms. The van der Waals surface area contributed by atoms with Crippen molar-refractivity contribution in [2.75, 3.05) is 12.8 Å². The first kappa shape index (κ1) is 12.2. The lowest BCUT2D eigenvalue weighted by Crippen LogP contribution is -1.90. The Morgan fingerprint density at radius 3 is 2.75 bits per heavy atom. The maximum atomic E-state index is 5.94. The fourth-order valence-corrected chi connectivity index (χ4v) is 2.05. The first-order valence-corrected chi connectivity index (χ1v) is 6.09. The van der Waals surface area contributed by atoms with Crippen molar-refractivity contribution in [2.45, 2.75) is 0 Å². The molecular weight excluding hydrogens is 254 g/mol. The Bertz CT molecular complexity index is 723.